The van der Waals surface area contributed by atoms with Gasteiger partial charge in [0.05, 0.1) is 0 Å². The molecule has 0 aromatic heterocycles. The molecular weight excluding hydrogens is 148 g/mol. The fourth-order valence-corrected chi connectivity index (χ4v) is 3.29. The van der Waals surface area contributed by atoms with Crippen molar-refractivity contribution in [1.82, 2.24) is 0 Å². The predicted octanol–water partition coefficient (Wildman–Crippen LogP) is 1.10. The van der Waals surface area contributed by atoms with Gasteiger partial charge in [0.1, 0.15) is 0 Å². The second kappa shape index (κ2) is 2.05. The standard InChI is InChI=1S/C10H20N2/c1-9(2)6-4-7(9)10(3,12)8(11)5-6/h6-8H,4-5,11-12H2,1-3H3/t6-,7-,8+,10-/m0/s1. The van der Waals surface area contributed by atoms with Gasteiger partial charge in [-0.1, -0.05) is 13.8 Å². The van der Waals surface area contributed by atoms with Gasteiger partial charge in [-0.25, -0.2) is 0 Å². The van der Waals surface area contributed by atoms with Crippen molar-refractivity contribution in [3.05, 3.63) is 0 Å². The first-order chi connectivity index (χ1) is 5.37. The van der Waals surface area contributed by atoms with Crippen LogP contribution in [0.25, 0.3) is 0 Å². The highest BCUT2D eigenvalue weighted by Crippen LogP contribution is 2.61. The van der Waals surface area contributed by atoms with E-state index >= 15 is 0 Å². The first-order valence-corrected chi connectivity index (χ1v) is 4.91. The summed E-state index contributed by atoms with van der Waals surface area (Å²) in [6, 6.07) is 0.217. The van der Waals surface area contributed by atoms with Gasteiger partial charge in [-0.05, 0) is 37.0 Å². The molecular formula is C10H20N2. The Morgan fingerprint density at radius 3 is 2.08 bits per heavy atom. The molecule has 0 aromatic carbocycles. The number of nitrogens with two attached hydrogens (primary N) is 2. The highest BCUT2D eigenvalue weighted by molar-refractivity contribution is 5.15. The third-order valence-corrected chi connectivity index (χ3v) is 4.56. The minimum absolute atomic E-state index is 0.127. The Kier molecular flexibility index (Phi) is 1.45. The zero-order valence-corrected chi connectivity index (χ0v) is 8.30. The molecule has 4 N–H and O–H groups in total. The zero-order chi connectivity index (χ0) is 9.15. The highest BCUT2D eigenvalue weighted by Gasteiger charge is 2.60. The monoisotopic (exact) mass is 168 g/mol. The average molecular weight is 168 g/mol. The van der Waals surface area contributed by atoms with Crippen LogP contribution in [0.5, 0.6) is 0 Å². The molecule has 70 valence electrons. The van der Waals surface area contributed by atoms with Crippen molar-refractivity contribution >= 4 is 0 Å². The van der Waals surface area contributed by atoms with Crippen LogP contribution in [0.15, 0.2) is 0 Å². The molecule has 0 saturated heterocycles. The summed E-state index contributed by atoms with van der Waals surface area (Å²) >= 11 is 0. The van der Waals surface area contributed by atoms with Crippen molar-refractivity contribution < 1.29 is 0 Å². The first kappa shape index (κ1) is 8.52. The van der Waals surface area contributed by atoms with Crippen molar-refractivity contribution in [2.75, 3.05) is 0 Å². The van der Waals surface area contributed by atoms with Gasteiger partial charge >= 0.3 is 0 Å². The molecule has 2 nitrogen and oxygen atoms in total. The van der Waals surface area contributed by atoms with Crippen LogP contribution in [0, 0.1) is 17.3 Å². The van der Waals surface area contributed by atoms with Crippen molar-refractivity contribution in [1.29, 1.82) is 0 Å². The van der Waals surface area contributed by atoms with Crippen LogP contribution in [0.1, 0.15) is 33.6 Å². The molecule has 0 heterocycles. The molecule has 0 radical (unpaired) electrons. The maximum Gasteiger partial charge on any atom is 0.0313 e. The lowest BCUT2D eigenvalue weighted by molar-refractivity contribution is -0.120. The summed E-state index contributed by atoms with van der Waals surface area (Å²) in [4.78, 5) is 0. The molecule has 0 unspecified atom stereocenters. The molecule has 3 rings (SSSR count). The van der Waals surface area contributed by atoms with Crippen molar-refractivity contribution in [3.63, 3.8) is 0 Å². The van der Waals surface area contributed by atoms with Crippen molar-refractivity contribution in [3.8, 4) is 0 Å². The molecule has 4 atom stereocenters. The molecule has 3 aliphatic carbocycles. The summed E-state index contributed by atoms with van der Waals surface area (Å²) in [6.45, 7) is 6.80. The van der Waals surface area contributed by atoms with Crippen molar-refractivity contribution in [2.45, 2.75) is 45.2 Å². The molecule has 12 heavy (non-hydrogen) atoms. The van der Waals surface area contributed by atoms with E-state index in [1.165, 1.54) is 6.42 Å². The Morgan fingerprint density at radius 2 is 1.75 bits per heavy atom. The third kappa shape index (κ3) is 0.775. The molecule has 0 spiro atoms. The number of hydrogen-bond donors (Lipinski definition) is 2. The smallest absolute Gasteiger partial charge is 0.0313 e. The molecule has 3 aliphatic rings. The Hall–Kier alpha value is -0.0800. The van der Waals surface area contributed by atoms with Crippen LogP contribution in [0.4, 0.5) is 0 Å². The fraction of sp³-hybridized carbons (Fsp3) is 1.00. The number of rotatable bonds is 0. The SMILES string of the molecule is CC1(C)[C@@H]2C[C@@H](N)[C@@](C)(N)[C@H]1C2. The van der Waals surface area contributed by atoms with E-state index in [0.29, 0.717) is 11.3 Å². The predicted molar refractivity (Wildman–Crippen MR) is 50.6 cm³/mol. The largest absolute Gasteiger partial charge is 0.326 e. The van der Waals surface area contributed by atoms with Gasteiger partial charge in [0.25, 0.3) is 0 Å². The van der Waals surface area contributed by atoms with E-state index in [2.05, 4.69) is 20.8 Å². The molecule has 3 saturated carbocycles. The summed E-state index contributed by atoms with van der Waals surface area (Å²) in [5, 5.41) is 0. The van der Waals surface area contributed by atoms with Gasteiger partial charge in [-0.3, -0.25) is 0 Å². The van der Waals surface area contributed by atoms with E-state index in [9.17, 15) is 0 Å². The van der Waals surface area contributed by atoms with Crippen molar-refractivity contribution in [2.24, 2.45) is 28.7 Å². The normalized spacial score (nSPS) is 56.2. The molecule has 0 aromatic rings. The van der Waals surface area contributed by atoms with E-state index in [0.717, 1.165) is 12.3 Å². The third-order valence-electron chi connectivity index (χ3n) is 4.56. The van der Waals surface area contributed by atoms with Gasteiger partial charge in [0, 0.05) is 11.6 Å². The topological polar surface area (TPSA) is 52.0 Å². The fourth-order valence-electron chi connectivity index (χ4n) is 3.29. The maximum absolute atomic E-state index is 6.25. The minimum Gasteiger partial charge on any atom is -0.326 e. The van der Waals surface area contributed by atoms with E-state index in [1.54, 1.807) is 0 Å². The lowest BCUT2D eigenvalue weighted by Crippen LogP contribution is -2.72. The van der Waals surface area contributed by atoms with Crippen LogP contribution in [-0.4, -0.2) is 11.6 Å². The lowest BCUT2D eigenvalue weighted by Gasteiger charge is -2.65. The molecule has 0 amide bonds. The second-order valence-corrected chi connectivity index (χ2v) is 5.51. The van der Waals surface area contributed by atoms with E-state index in [-0.39, 0.29) is 11.6 Å². The summed E-state index contributed by atoms with van der Waals surface area (Å²) in [5.74, 6) is 1.47. The summed E-state index contributed by atoms with van der Waals surface area (Å²) < 4.78 is 0. The summed E-state index contributed by atoms with van der Waals surface area (Å²) in [5.41, 5.74) is 12.6. The molecule has 0 aliphatic heterocycles. The Labute approximate surface area is 74.7 Å². The van der Waals surface area contributed by atoms with Gasteiger partial charge in [0.2, 0.25) is 0 Å². The van der Waals surface area contributed by atoms with Crippen LogP contribution in [0.3, 0.4) is 0 Å². The lowest BCUT2D eigenvalue weighted by atomic mass is 9.42. The zero-order valence-electron chi connectivity index (χ0n) is 8.30. The van der Waals surface area contributed by atoms with Crippen LogP contribution in [-0.2, 0) is 0 Å². The molecule has 3 fully saturated rings. The van der Waals surface area contributed by atoms with E-state index in [4.69, 9.17) is 11.5 Å². The maximum atomic E-state index is 6.25. The number of fused-ring (bicyclic) bond motifs is 2. The first-order valence-electron chi connectivity index (χ1n) is 4.91. The van der Waals surface area contributed by atoms with Crippen LogP contribution < -0.4 is 11.5 Å². The average Bonchev–Trinajstić information content (AvgIpc) is 1.93. The van der Waals surface area contributed by atoms with Gasteiger partial charge in [-0.2, -0.15) is 0 Å². The Bertz CT molecular complexity index is 208. The van der Waals surface area contributed by atoms with E-state index in [1.807, 2.05) is 0 Å². The minimum atomic E-state index is -0.127. The Balaban J connectivity index is 2.27. The van der Waals surface area contributed by atoms with Gasteiger partial charge in [-0.15, -0.1) is 0 Å². The second-order valence-electron chi connectivity index (χ2n) is 5.51. The quantitative estimate of drug-likeness (QED) is 0.569. The summed E-state index contributed by atoms with van der Waals surface area (Å²) in [7, 11) is 0. The van der Waals surface area contributed by atoms with Gasteiger partial charge in [0.15, 0.2) is 0 Å². The van der Waals surface area contributed by atoms with Gasteiger partial charge < -0.3 is 11.5 Å². The molecule has 2 bridgehead atoms. The Morgan fingerprint density at radius 1 is 1.17 bits per heavy atom. The molecule has 2 heteroatoms. The van der Waals surface area contributed by atoms with Crippen LogP contribution in [0.2, 0.25) is 0 Å². The van der Waals surface area contributed by atoms with Crippen LogP contribution >= 0.6 is 0 Å². The summed E-state index contributed by atoms with van der Waals surface area (Å²) in [6.07, 6.45) is 2.42. The highest BCUT2D eigenvalue weighted by atomic mass is 14.9. The van der Waals surface area contributed by atoms with E-state index < -0.39 is 0 Å². The number of hydrogen-bond acceptors (Lipinski definition) is 2.